The van der Waals surface area contributed by atoms with E-state index >= 15 is 0 Å². The van der Waals surface area contributed by atoms with E-state index in [0.717, 1.165) is 29.7 Å². The Hall–Kier alpha value is -3.02. The van der Waals surface area contributed by atoms with Crippen LogP contribution in [0.2, 0.25) is 0 Å². The minimum Gasteiger partial charge on any atom is -0.355 e. The molecule has 0 radical (unpaired) electrons. The summed E-state index contributed by atoms with van der Waals surface area (Å²) >= 11 is 1.35. The summed E-state index contributed by atoms with van der Waals surface area (Å²) in [4.78, 5) is 29.9. The van der Waals surface area contributed by atoms with Crippen molar-refractivity contribution in [2.75, 3.05) is 13.2 Å². The number of rotatable bonds is 12. The van der Waals surface area contributed by atoms with Crippen molar-refractivity contribution in [3.8, 4) is 0 Å². The summed E-state index contributed by atoms with van der Waals surface area (Å²) in [6.45, 7) is 2.29. The van der Waals surface area contributed by atoms with Crippen LogP contribution in [0, 0.1) is 12.7 Å². The Labute approximate surface area is 232 Å². The lowest BCUT2D eigenvalue weighted by Gasteiger charge is -2.23. The van der Waals surface area contributed by atoms with Gasteiger partial charge < -0.3 is 9.88 Å². The van der Waals surface area contributed by atoms with E-state index in [4.69, 9.17) is 4.18 Å². The molecule has 4 rings (SSSR count). The smallest absolute Gasteiger partial charge is 0.296 e. The Morgan fingerprint density at radius 2 is 1.79 bits per heavy atom. The van der Waals surface area contributed by atoms with Crippen molar-refractivity contribution in [2.45, 2.75) is 67.8 Å². The van der Waals surface area contributed by atoms with Crippen LogP contribution in [0.3, 0.4) is 0 Å². The molecule has 0 saturated carbocycles. The van der Waals surface area contributed by atoms with E-state index in [1.807, 2.05) is 11.5 Å². The van der Waals surface area contributed by atoms with E-state index in [0.29, 0.717) is 48.7 Å². The van der Waals surface area contributed by atoms with Crippen LogP contribution >= 0.6 is 11.8 Å². The molecule has 0 fully saturated rings. The van der Waals surface area contributed by atoms with Crippen molar-refractivity contribution in [1.29, 1.82) is 0 Å². The van der Waals surface area contributed by atoms with Crippen molar-refractivity contribution < 1.29 is 21.8 Å². The average Bonchev–Trinajstić information content (AvgIpc) is 2.92. The first-order valence-corrected chi connectivity index (χ1v) is 15.3. The number of fused-ring (bicyclic) bond motifs is 1. The first kappa shape index (κ1) is 29.0. The fraction of sp³-hybridized carbons (Fsp3) is 0.393. The van der Waals surface area contributed by atoms with Crippen LogP contribution in [-0.2, 0) is 44.2 Å². The SMILES string of the molecule is Cc1ccc(S(=O)(=O)OCCCCNC(=O)Cn2c(SCc3ccc(F)cc3)nc(=O)c3c2CCCC3)cc1. The zero-order chi connectivity index (χ0) is 27.8. The van der Waals surface area contributed by atoms with Crippen LogP contribution < -0.4 is 10.9 Å². The number of halogens is 1. The van der Waals surface area contributed by atoms with Gasteiger partial charge in [-0.25, -0.2) is 4.39 Å². The zero-order valence-electron chi connectivity index (χ0n) is 21.8. The third-order valence-electron chi connectivity index (χ3n) is 6.48. The van der Waals surface area contributed by atoms with E-state index < -0.39 is 10.1 Å². The van der Waals surface area contributed by atoms with Gasteiger partial charge in [-0.3, -0.25) is 13.8 Å². The number of unbranched alkanes of at least 4 members (excludes halogenated alkanes) is 1. The highest BCUT2D eigenvalue weighted by Gasteiger charge is 2.22. The highest BCUT2D eigenvalue weighted by molar-refractivity contribution is 7.98. The maximum atomic E-state index is 13.3. The Bertz CT molecular complexity index is 1460. The molecular weight excluding hydrogens is 541 g/mol. The molecule has 1 N–H and O–H groups in total. The van der Waals surface area contributed by atoms with Gasteiger partial charge in [-0.2, -0.15) is 13.4 Å². The van der Waals surface area contributed by atoms with E-state index in [-0.39, 0.29) is 35.3 Å². The number of amides is 1. The molecule has 0 unspecified atom stereocenters. The normalized spacial score (nSPS) is 13.2. The summed E-state index contributed by atoms with van der Waals surface area (Å²) in [7, 11) is -3.81. The fourth-order valence-corrected chi connectivity index (χ4v) is 6.25. The van der Waals surface area contributed by atoms with Gasteiger partial charge in [-0.05, 0) is 75.3 Å². The maximum absolute atomic E-state index is 13.3. The average molecular weight is 574 g/mol. The summed E-state index contributed by atoms with van der Waals surface area (Å²) in [5.74, 6) is -0.0488. The number of thioether (sulfide) groups is 1. The van der Waals surface area contributed by atoms with Gasteiger partial charge in [0.15, 0.2) is 5.16 Å². The molecule has 1 aliphatic carbocycles. The molecule has 0 saturated heterocycles. The van der Waals surface area contributed by atoms with Crippen LogP contribution in [0.4, 0.5) is 4.39 Å². The monoisotopic (exact) mass is 573 g/mol. The van der Waals surface area contributed by atoms with Gasteiger partial charge in [0.05, 0.1) is 11.5 Å². The van der Waals surface area contributed by atoms with Gasteiger partial charge in [0.25, 0.3) is 15.7 Å². The summed E-state index contributed by atoms with van der Waals surface area (Å²) in [6.07, 6.45) is 4.21. The third-order valence-corrected chi connectivity index (χ3v) is 8.85. The number of carbonyl (C=O) groups excluding carboxylic acids is 1. The molecule has 1 heterocycles. The molecular formula is C28H32FN3O5S2. The molecule has 0 spiro atoms. The van der Waals surface area contributed by atoms with Crippen molar-refractivity contribution in [2.24, 2.45) is 0 Å². The second-order valence-corrected chi connectivity index (χ2v) is 12.0. The Kier molecular flexibility index (Phi) is 9.93. The van der Waals surface area contributed by atoms with Gasteiger partial charge in [-0.15, -0.1) is 0 Å². The molecule has 11 heteroatoms. The highest BCUT2D eigenvalue weighted by Crippen LogP contribution is 2.26. The van der Waals surface area contributed by atoms with Gasteiger partial charge in [0, 0.05) is 23.6 Å². The first-order valence-electron chi connectivity index (χ1n) is 13.0. The molecule has 8 nitrogen and oxygen atoms in total. The molecule has 0 aliphatic heterocycles. The summed E-state index contributed by atoms with van der Waals surface area (Å²) < 4.78 is 44.8. The lowest BCUT2D eigenvalue weighted by atomic mass is 9.97. The van der Waals surface area contributed by atoms with Gasteiger partial charge in [0.2, 0.25) is 5.91 Å². The number of benzene rings is 2. The third kappa shape index (κ3) is 8.00. The van der Waals surface area contributed by atoms with Crippen LogP contribution in [-0.4, -0.2) is 37.0 Å². The molecule has 1 aromatic heterocycles. The Balaban J connectivity index is 1.32. The van der Waals surface area contributed by atoms with Crippen molar-refractivity contribution in [3.05, 3.63) is 87.1 Å². The molecule has 39 heavy (non-hydrogen) atoms. The summed E-state index contributed by atoms with van der Waals surface area (Å²) in [5.41, 5.74) is 3.13. The van der Waals surface area contributed by atoms with Crippen LogP contribution in [0.5, 0.6) is 0 Å². The van der Waals surface area contributed by atoms with E-state index in [1.165, 1.54) is 36.0 Å². The van der Waals surface area contributed by atoms with Crippen molar-refractivity contribution in [3.63, 3.8) is 0 Å². The zero-order valence-corrected chi connectivity index (χ0v) is 23.5. The lowest BCUT2D eigenvalue weighted by molar-refractivity contribution is -0.121. The molecule has 0 atom stereocenters. The highest BCUT2D eigenvalue weighted by atomic mass is 32.2. The van der Waals surface area contributed by atoms with E-state index in [9.17, 15) is 22.4 Å². The first-order chi connectivity index (χ1) is 18.7. The van der Waals surface area contributed by atoms with Crippen LogP contribution in [0.1, 0.15) is 48.1 Å². The van der Waals surface area contributed by atoms with Crippen molar-refractivity contribution >= 4 is 27.8 Å². The molecule has 1 amide bonds. The van der Waals surface area contributed by atoms with Crippen LogP contribution in [0.15, 0.2) is 63.4 Å². The molecule has 2 aromatic carbocycles. The number of hydrogen-bond acceptors (Lipinski definition) is 7. The minimum absolute atomic E-state index is 0.0212. The van der Waals surface area contributed by atoms with E-state index in [1.54, 1.807) is 24.3 Å². The predicted octanol–water partition coefficient (Wildman–Crippen LogP) is 4.16. The van der Waals surface area contributed by atoms with E-state index in [2.05, 4.69) is 10.3 Å². The van der Waals surface area contributed by atoms with Gasteiger partial charge >= 0.3 is 0 Å². The summed E-state index contributed by atoms with van der Waals surface area (Å²) in [6, 6.07) is 12.6. The number of aryl methyl sites for hydroxylation is 1. The van der Waals surface area contributed by atoms with Gasteiger partial charge in [0.1, 0.15) is 12.4 Å². The lowest BCUT2D eigenvalue weighted by Crippen LogP contribution is -2.33. The fourth-order valence-electron chi connectivity index (χ4n) is 4.35. The standard InChI is InChI=1S/C28H32FN3O5S2/c1-20-8-14-23(15-9-20)39(35,36)37-17-5-4-16-30-26(33)18-32-25-7-3-2-6-24(25)27(34)31-28(32)38-19-21-10-12-22(29)13-11-21/h8-15H,2-7,16-19H2,1H3,(H,30,33). The molecule has 0 bridgehead atoms. The second kappa shape index (κ2) is 13.4. The molecule has 1 aliphatic rings. The topological polar surface area (TPSA) is 107 Å². The minimum atomic E-state index is -3.81. The summed E-state index contributed by atoms with van der Waals surface area (Å²) in [5, 5.41) is 3.34. The number of aromatic nitrogens is 2. The largest absolute Gasteiger partial charge is 0.355 e. The second-order valence-electron chi connectivity index (χ2n) is 9.48. The number of nitrogens with one attached hydrogen (secondary N) is 1. The maximum Gasteiger partial charge on any atom is 0.296 e. The Morgan fingerprint density at radius 3 is 2.54 bits per heavy atom. The number of carbonyl (C=O) groups is 1. The predicted molar refractivity (Wildman–Crippen MR) is 148 cm³/mol. The van der Waals surface area contributed by atoms with Crippen LogP contribution in [0.25, 0.3) is 0 Å². The number of hydrogen-bond donors (Lipinski definition) is 1. The quantitative estimate of drug-likeness (QED) is 0.150. The molecule has 208 valence electrons. The number of nitrogens with zero attached hydrogens (tertiary/aromatic N) is 2. The van der Waals surface area contributed by atoms with Crippen molar-refractivity contribution in [1.82, 2.24) is 14.9 Å². The molecule has 3 aromatic rings. The Morgan fingerprint density at radius 1 is 1.08 bits per heavy atom. The van der Waals surface area contributed by atoms with Gasteiger partial charge in [-0.1, -0.05) is 41.6 Å².